The fourth-order valence-electron chi connectivity index (χ4n) is 2.47. The topological polar surface area (TPSA) is 21.3 Å². The monoisotopic (exact) mass is 255 g/mol. The van der Waals surface area contributed by atoms with Gasteiger partial charge in [0.1, 0.15) is 0 Å². The molecule has 2 rings (SSSR count). The first-order chi connectivity index (χ1) is 8.60. The molecule has 1 aromatic carbocycles. The lowest BCUT2D eigenvalue weighted by molar-refractivity contribution is 0.0337. The predicted octanol–water partition coefficient (Wildman–Crippen LogP) is 2.66. The second-order valence-electron chi connectivity index (χ2n) is 4.91. The maximum Gasteiger partial charge on any atom is 0.159 e. The summed E-state index contributed by atoms with van der Waals surface area (Å²) in [6.07, 6.45) is 3.15. The number of nitrogens with one attached hydrogen (secondary N) is 1. The van der Waals surface area contributed by atoms with E-state index in [0.29, 0.717) is 6.42 Å². The molecule has 3 unspecified atom stereocenters. The van der Waals surface area contributed by atoms with Crippen molar-refractivity contribution in [2.75, 3.05) is 7.05 Å². The van der Waals surface area contributed by atoms with Gasteiger partial charge < -0.3 is 10.1 Å². The summed E-state index contributed by atoms with van der Waals surface area (Å²) >= 11 is 0. The highest BCUT2D eigenvalue weighted by molar-refractivity contribution is 5.19. The first-order valence-corrected chi connectivity index (χ1v) is 6.37. The van der Waals surface area contributed by atoms with Crippen LogP contribution in [0.3, 0.4) is 0 Å². The highest BCUT2D eigenvalue weighted by Crippen LogP contribution is 2.23. The number of likely N-dealkylation sites (N-methyl/N-ethyl adjacent to an activating group) is 1. The second-order valence-corrected chi connectivity index (χ2v) is 4.91. The fourth-order valence-corrected chi connectivity index (χ4v) is 2.47. The Morgan fingerprint density at radius 1 is 1.33 bits per heavy atom. The van der Waals surface area contributed by atoms with Crippen LogP contribution in [0.4, 0.5) is 8.78 Å². The third kappa shape index (κ3) is 3.06. The molecule has 0 radical (unpaired) electrons. The summed E-state index contributed by atoms with van der Waals surface area (Å²) in [5.41, 5.74) is 0.788. The molecule has 0 aliphatic carbocycles. The molecule has 18 heavy (non-hydrogen) atoms. The van der Waals surface area contributed by atoms with Crippen LogP contribution in [0, 0.1) is 11.6 Å². The van der Waals surface area contributed by atoms with Gasteiger partial charge in [0.15, 0.2) is 11.6 Å². The van der Waals surface area contributed by atoms with Gasteiger partial charge in [-0.05, 0) is 50.9 Å². The molecule has 0 aromatic heterocycles. The second kappa shape index (κ2) is 5.76. The summed E-state index contributed by atoms with van der Waals surface area (Å²) in [5, 5.41) is 3.21. The van der Waals surface area contributed by atoms with E-state index in [2.05, 4.69) is 12.2 Å². The van der Waals surface area contributed by atoms with Gasteiger partial charge in [-0.25, -0.2) is 8.78 Å². The van der Waals surface area contributed by atoms with Crippen LogP contribution in [0.25, 0.3) is 0 Å². The molecular formula is C14H19F2NO. The Morgan fingerprint density at radius 2 is 2.11 bits per heavy atom. The van der Waals surface area contributed by atoms with E-state index in [4.69, 9.17) is 4.74 Å². The highest BCUT2D eigenvalue weighted by atomic mass is 19.2. The van der Waals surface area contributed by atoms with Gasteiger partial charge in [0.25, 0.3) is 0 Å². The van der Waals surface area contributed by atoms with Gasteiger partial charge in [-0.2, -0.15) is 0 Å². The van der Waals surface area contributed by atoms with Gasteiger partial charge >= 0.3 is 0 Å². The fraction of sp³-hybridized carbons (Fsp3) is 0.571. The minimum atomic E-state index is -0.800. The molecule has 1 aliphatic heterocycles. The zero-order valence-electron chi connectivity index (χ0n) is 10.7. The summed E-state index contributed by atoms with van der Waals surface area (Å²) in [7, 11) is 1.87. The lowest BCUT2D eigenvalue weighted by Gasteiger charge is -2.23. The Hall–Kier alpha value is -1.00. The smallest absolute Gasteiger partial charge is 0.159 e. The molecule has 1 aliphatic rings. The average molecular weight is 255 g/mol. The van der Waals surface area contributed by atoms with Gasteiger partial charge in [0.05, 0.1) is 12.2 Å². The van der Waals surface area contributed by atoms with Crippen molar-refractivity contribution in [3.05, 3.63) is 35.4 Å². The molecule has 1 heterocycles. The number of rotatable bonds is 4. The van der Waals surface area contributed by atoms with Gasteiger partial charge in [0.2, 0.25) is 0 Å². The lowest BCUT2D eigenvalue weighted by Crippen LogP contribution is -2.39. The first-order valence-electron chi connectivity index (χ1n) is 6.37. The van der Waals surface area contributed by atoms with Crippen LogP contribution in [0.5, 0.6) is 0 Å². The van der Waals surface area contributed by atoms with Gasteiger partial charge in [-0.3, -0.25) is 0 Å². The minimum absolute atomic E-state index is 0.139. The van der Waals surface area contributed by atoms with Crippen molar-refractivity contribution < 1.29 is 13.5 Å². The van der Waals surface area contributed by atoms with E-state index in [0.717, 1.165) is 18.4 Å². The number of hydrogen-bond acceptors (Lipinski definition) is 2. The molecule has 1 N–H and O–H groups in total. The van der Waals surface area contributed by atoms with E-state index in [-0.39, 0.29) is 18.2 Å². The maximum absolute atomic E-state index is 13.1. The quantitative estimate of drug-likeness (QED) is 0.893. The van der Waals surface area contributed by atoms with Crippen LogP contribution in [-0.2, 0) is 11.2 Å². The Kier molecular flexibility index (Phi) is 4.30. The Labute approximate surface area is 106 Å². The first kappa shape index (κ1) is 13.4. The normalized spacial score (nSPS) is 25.3. The largest absolute Gasteiger partial charge is 0.374 e. The predicted molar refractivity (Wildman–Crippen MR) is 66.5 cm³/mol. The SMILES string of the molecule is CNC(Cc1ccc(F)c(F)c1)C1CCC(C)O1. The molecular weight excluding hydrogens is 236 g/mol. The van der Waals surface area contributed by atoms with Gasteiger partial charge in [-0.15, -0.1) is 0 Å². The van der Waals surface area contributed by atoms with Gasteiger partial charge in [-0.1, -0.05) is 6.07 Å². The summed E-state index contributed by atoms with van der Waals surface area (Å²) in [6.45, 7) is 2.06. The van der Waals surface area contributed by atoms with Crippen molar-refractivity contribution in [3.63, 3.8) is 0 Å². The van der Waals surface area contributed by atoms with Crippen LogP contribution < -0.4 is 5.32 Å². The Bertz CT molecular complexity index is 411. The number of ether oxygens (including phenoxy) is 1. The van der Waals surface area contributed by atoms with Crippen LogP contribution in [-0.4, -0.2) is 25.3 Å². The molecule has 4 heteroatoms. The summed E-state index contributed by atoms with van der Waals surface area (Å²) < 4.78 is 31.8. The van der Waals surface area contributed by atoms with E-state index in [1.54, 1.807) is 6.07 Å². The number of halogens is 2. The van der Waals surface area contributed by atoms with Crippen molar-refractivity contribution in [2.24, 2.45) is 0 Å². The summed E-state index contributed by atoms with van der Waals surface area (Å²) in [4.78, 5) is 0. The van der Waals surface area contributed by atoms with E-state index in [9.17, 15) is 8.78 Å². The molecule has 1 saturated heterocycles. The Morgan fingerprint density at radius 3 is 2.67 bits per heavy atom. The number of hydrogen-bond donors (Lipinski definition) is 1. The molecule has 3 atom stereocenters. The molecule has 0 amide bonds. The third-order valence-corrected chi connectivity index (χ3v) is 3.52. The summed E-state index contributed by atoms with van der Waals surface area (Å²) in [6, 6.07) is 4.20. The maximum atomic E-state index is 13.1. The minimum Gasteiger partial charge on any atom is -0.374 e. The van der Waals surface area contributed by atoms with Crippen LogP contribution >= 0.6 is 0 Å². The molecule has 2 nitrogen and oxygen atoms in total. The van der Waals surface area contributed by atoms with Crippen molar-refractivity contribution in [2.45, 2.75) is 44.4 Å². The standard InChI is InChI=1S/C14H19F2NO/c1-9-3-6-14(18-9)13(17-2)8-10-4-5-11(15)12(16)7-10/h4-5,7,9,13-14,17H,3,6,8H2,1-2H3. The molecule has 0 spiro atoms. The van der Waals surface area contributed by atoms with Gasteiger partial charge in [0, 0.05) is 6.04 Å². The highest BCUT2D eigenvalue weighted by Gasteiger charge is 2.28. The van der Waals surface area contributed by atoms with Crippen LogP contribution in [0.2, 0.25) is 0 Å². The molecule has 1 fully saturated rings. The molecule has 0 bridgehead atoms. The molecule has 1 aromatic rings. The third-order valence-electron chi connectivity index (χ3n) is 3.52. The van der Waals surface area contributed by atoms with Crippen molar-refractivity contribution >= 4 is 0 Å². The van der Waals surface area contributed by atoms with Crippen molar-refractivity contribution in [1.82, 2.24) is 5.32 Å². The zero-order chi connectivity index (χ0) is 13.1. The number of benzene rings is 1. The average Bonchev–Trinajstić information content (AvgIpc) is 2.77. The van der Waals surface area contributed by atoms with E-state index in [1.165, 1.54) is 12.1 Å². The lowest BCUT2D eigenvalue weighted by atomic mass is 9.99. The van der Waals surface area contributed by atoms with E-state index in [1.807, 2.05) is 7.05 Å². The molecule has 0 saturated carbocycles. The van der Waals surface area contributed by atoms with E-state index >= 15 is 0 Å². The van der Waals surface area contributed by atoms with Crippen LogP contribution in [0.1, 0.15) is 25.3 Å². The summed E-state index contributed by atoms with van der Waals surface area (Å²) in [5.74, 6) is -1.59. The zero-order valence-corrected chi connectivity index (χ0v) is 10.7. The van der Waals surface area contributed by atoms with Crippen molar-refractivity contribution in [1.29, 1.82) is 0 Å². The van der Waals surface area contributed by atoms with Crippen molar-refractivity contribution in [3.8, 4) is 0 Å². The van der Waals surface area contributed by atoms with E-state index < -0.39 is 11.6 Å². The van der Waals surface area contributed by atoms with Crippen LogP contribution in [0.15, 0.2) is 18.2 Å². The Balaban J connectivity index is 2.03. The molecule has 100 valence electrons.